The van der Waals surface area contributed by atoms with Crippen molar-refractivity contribution in [1.29, 1.82) is 0 Å². The van der Waals surface area contributed by atoms with Crippen LogP contribution in [0.15, 0.2) is 18.2 Å². The molecule has 1 fully saturated rings. The van der Waals surface area contributed by atoms with Crippen molar-refractivity contribution in [3.05, 3.63) is 29.3 Å². The second kappa shape index (κ2) is 4.10. The highest BCUT2D eigenvalue weighted by atomic mass is 16.5. The van der Waals surface area contributed by atoms with E-state index in [9.17, 15) is 9.59 Å². The zero-order chi connectivity index (χ0) is 12.7. The van der Waals surface area contributed by atoms with Crippen LogP contribution in [0.25, 0.3) is 0 Å². The van der Waals surface area contributed by atoms with Crippen LogP contribution >= 0.6 is 0 Å². The van der Waals surface area contributed by atoms with Gasteiger partial charge >= 0.3 is 0 Å². The van der Waals surface area contributed by atoms with E-state index in [0.29, 0.717) is 26.2 Å². The normalized spacial score (nSPS) is 22.3. The minimum absolute atomic E-state index is 0.193. The molecule has 1 atom stereocenters. The van der Waals surface area contributed by atoms with Gasteiger partial charge in [-0.2, -0.15) is 0 Å². The van der Waals surface area contributed by atoms with Crippen LogP contribution < -0.4 is 10.6 Å². The molecule has 2 N–H and O–H groups in total. The fraction of sp³-hybridized carbons (Fsp3) is 0.385. The van der Waals surface area contributed by atoms with Gasteiger partial charge in [0.2, 0.25) is 11.8 Å². The Hall–Kier alpha value is -1.88. The van der Waals surface area contributed by atoms with Crippen LogP contribution in [0.5, 0.6) is 0 Å². The lowest BCUT2D eigenvalue weighted by molar-refractivity contribution is -0.130. The van der Waals surface area contributed by atoms with E-state index in [1.165, 1.54) is 0 Å². The molecule has 0 aliphatic carbocycles. The number of ether oxygens (including phenoxy) is 1. The van der Waals surface area contributed by atoms with E-state index in [1.807, 2.05) is 18.2 Å². The molecule has 0 spiro atoms. The summed E-state index contributed by atoms with van der Waals surface area (Å²) >= 11 is 0. The third-order valence-electron chi connectivity index (χ3n) is 3.57. The van der Waals surface area contributed by atoms with E-state index >= 15 is 0 Å². The molecule has 94 valence electrons. The summed E-state index contributed by atoms with van der Waals surface area (Å²) in [7, 11) is 0. The van der Waals surface area contributed by atoms with E-state index in [0.717, 1.165) is 16.8 Å². The average molecular weight is 246 g/mol. The third-order valence-corrected chi connectivity index (χ3v) is 3.57. The molecule has 5 nitrogen and oxygen atoms in total. The van der Waals surface area contributed by atoms with Gasteiger partial charge in [-0.05, 0) is 29.7 Å². The number of anilines is 1. The quantitative estimate of drug-likeness (QED) is 0.775. The lowest BCUT2D eigenvalue weighted by Gasteiger charge is -2.17. The number of benzene rings is 1. The SMILES string of the molecule is NC(=O)C1CCN(c2ccc3c(c2)COC3)C1=O. The first-order valence-electron chi connectivity index (χ1n) is 5.97. The Morgan fingerprint density at radius 3 is 2.83 bits per heavy atom. The summed E-state index contributed by atoms with van der Waals surface area (Å²) in [4.78, 5) is 24.8. The maximum absolute atomic E-state index is 12.0. The summed E-state index contributed by atoms with van der Waals surface area (Å²) in [6.07, 6.45) is 0.502. The zero-order valence-electron chi connectivity index (χ0n) is 9.89. The molecular weight excluding hydrogens is 232 g/mol. The van der Waals surface area contributed by atoms with Gasteiger partial charge in [0, 0.05) is 12.2 Å². The number of fused-ring (bicyclic) bond motifs is 1. The van der Waals surface area contributed by atoms with Crippen LogP contribution in [0.4, 0.5) is 5.69 Å². The first-order valence-corrected chi connectivity index (χ1v) is 5.97. The van der Waals surface area contributed by atoms with E-state index in [1.54, 1.807) is 4.90 Å². The van der Waals surface area contributed by atoms with Crippen LogP contribution in [0.2, 0.25) is 0 Å². The van der Waals surface area contributed by atoms with Gasteiger partial charge in [-0.25, -0.2) is 0 Å². The number of primary amides is 1. The van der Waals surface area contributed by atoms with Crippen LogP contribution in [-0.2, 0) is 27.5 Å². The summed E-state index contributed by atoms with van der Waals surface area (Å²) in [6.45, 7) is 1.77. The van der Waals surface area contributed by atoms with Gasteiger partial charge in [0.25, 0.3) is 0 Å². The van der Waals surface area contributed by atoms with Gasteiger partial charge in [0.05, 0.1) is 13.2 Å². The molecule has 0 bridgehead atoms. The molecular formula is C13H14N2O3. The van der Waals surface area contributed by atoms with E-state index in [-0.39, 0.29) is 5.91 Å². The number of nitrogens with two attached hydrogens (primary N) is 1. The number of rotatable bonds is 2. The molecule has 18 heavy (non-hydrogen) atoms. The highest BCUT2D eigenvalue weighted by Gasteiger charge is 2.36. The molecule has 2 aliphatic rings. The van der Waals surface area contributed by atoms with Crippen molar-refractivity contribution >= 4 is 17.5 Å². The molecule has 1 aromatic rings. The summed E-state index contributed by atoms with van der Waals surface area (Å²) in [5.74, 6) is -1.40. The van der Waals surface area contributed by atoms with Crippen LogP contribution in [0.1, 0.15) is 17.5 Å². The maximum atomic E-state index is 12.0. The third kappa shape index (κ3) is 1.67. The standard InChI is InChI=1S/C13H14N2O3/c14-12(16)11-3-4-15(13(11)17)10-2-1-8-6-18-7-9(8)5-10/h1-2,5,11H,3-4,6-7H2,(H2,14,16). The molecule has 2 aliphatic heterocycles. The summed E-state index contributed by atoms with van der Waals surface area (Å²) < 4.78 is 5.34. The van der Waals surface area contributed by atoms with Crippen molar-refractivity contribution in [1.82, 2.24) is 0 Å². The fourth-order valence-corrected chi connectivity index (χ4v) is 2.53. The average Bonchev–Trinajstić information content (AvgIpc) is 2.93. The van der Waals surface area contributed by atoms with Crippen molar-refractivity contribution in [2.75, 3.05) is 11.4 Å². The molecule has 5 heteroatoms. The Morgan fingerprint density at radius 2 is 2.11 bits per heavy atom. The molecule has 1 unspecified atom stereocenters. The van der Waals surface area contributed by atoms with Gasteiger partial charge in [-0.3, -0.25) is 9.59 Å². The second-order valence-electron chi connectivity index (χ2n) is 4.68. The molecule has 0 aromatic heterocycles. The molecule has 1 aromatic carbocycles. The van der Waals surface area contributed by atoms with Gasteiger partial charge in [-0.15, -0.1) is 0 Å². The van der Waals surface area contributed by atoms with Crippen LogP contribution in [0, 0.1) is 5.92 Å². The minimum atomic E-state index is -0.672. The molecule has 1 saturated heterocycles. The summed E-state index contributed by atoms with van der Waals surface area (Å²) in [6, 6.07) is 5.83. The summed E-state index contributed by atoms with van der Waals surface area (Å²) in [5, 5.41) is 0. The zero-order valence-corrected chi connectivity index (χ0v) is 9.89. The predicted molar refractivity (Wildman–Crippen MR) is 64.6 cm³/mol. The lowest BCUT2D eigenvalue weighted by Crippen LogP contribution is -2.33. The first-order chi connectivity index (χ1) is 8.66. The molecule has 3 rings (SSSR count). The monoisotopic (exact) mass is 246 g/mol. The highest BCUT2D eigenvalue weighted by molar-refractivity contribution is 6.09. The Labute approximate surface area is 105 Å². The number of hydrogen-bond acceptors (Lipinski definition) is 3. The highest BCUT2D eigenvalue weighted by Crippen LogP contribution is 2.29. The minimum Gasteiger partial charge on any atom is -0.372 e. The van der Waals surface area contributed by atoms with E-state index < -0.39 is 11.8 Å². The van der Waals surface area contributed by atoms with Gasteiger partial charge in [0.15, 0.2) is 0 Å². The van der Waals surface area contributed by atoms with Crippen molar-refractivity contribution < 1.29 is 14.3 Å². The largest absolute Gasteiger partial charge is 0.372 e. The lowest BCUT2D eigenvalue weighted by atomic mass is 10.1. The summed E-state index contributed by atoms with van der Waals surface area (Å²) in [5.41, 5.74) is 8.32. The van der Waals surface area contributed by atoms with Crippen molar-refractivity contribution in [3.8, 4) is 0 Å². The van der Waals surface area contributed by atoms with Gasteiger partial charge in [0.1, 0.15) is 5.92 Å². The van der Waals surface area contributed by atoms with Gasteiger partial charge in [-0.1, -0.05) is 6.07 Å². The second-order valence-corrected chi connectivity index (χ2v) is 4.68. The first kappa shape index (κ1) is 11.2. The topological polar surface area (TPSA) is 72.6 Å². The number of carbonyl (C=O) groups is 2. The molecule has 0 saturated carbocycles. The molecule has 2 amide bonds. The number of amides is 2. The van der Waals surface area contributed by atoms with E-state index in [2.05, 4.69) is 0 Å². The Balaban J connectivity index is 1.88. The Morgan fingerprint density at radius 1 is 1.33 bits per heavy atom. The smallest absolute Gasteiger partial charge is 0.239 e. The number of nitrogens with zero attached hydrogens (tertiary/aromatic N) is 1. The number of hydrogen-bond donors (Lipinski definition) is 1. The fourth-order valence-electron chi connectivity index (χ4n) is 2.53. The van der Waals surface area contributed by atoms with Crippen LogP contribution in [0.3, 0.4) is 0 Å². The maximum Gasteiger partial charge on any atom is 0.239 e. The Kier molecular flexibility index (Phi) is 2.56. The van der Waals surface area contributed by atoms with Crippen LogP contribution in [-0.4, -0.2) is 18.4 Å². The van der Waals surface area contributed by atoms with E-state index in [4.69, 9.17) is 10.5 Å². The molecule has 2 heterocycles. The van der Waals surface area contributed by atoms with Crippen molar-refractivity contribution in [2.45, 2.75) is 19.6 Å². The predicted octanol–water partition coefficient (Wildman–Crippen LogP) is 0.555. The molecule has 0 radical (unpaired) electrons. The van der Waals surface area contributed by atoms with Crippen molar-refractivity contribution in [2.24, 2.45) is 11.7 Å². The van der Waals surface area contributed by atoms with Crippen molar-refractivity contribution in [3.63, 3.8) is 0 Å². The Bertz CT molecular complexity index is 527. The number of carbonyl (C=O) groups excluding carboxylic acids is 2. The van der Waals surface area contributed by atoms with Gasteiger partial charge < -0.3 is 15.4 Å².